The molecule has 0 aliphatic heterocycles. The van der Waals surface area contributed by atoms with Crippen molar-refractivity contribution in [2.45, 2.75) is 6.42 Å². The van der Waals surface area contributed by atoms with E-state index in [-0.39, 0.29) is 12.6 Å². The molecular weight excluding hydrogens is 244 g/mol. The number of aliphatic hydroxyl groups is 1. The highest BCUT2D eigenvalue weighted by atomic mass is 16.5. The number of benzene rings is 1. The van der Waals surface area contributed by atoms with Gasteiger partial charge in [-0.25, -0.2) is 4.79 Å². The highest BCUT2D eigenvalue weighted by Crippen LogP contribution is 2.12. The third-order valence-corrected chi connectivity index (χ3v) is 2.16. The van der Waals surface area contributed by atoms with Gasteiger partial charge in [-0.1, -0.05) is 11.8 Å². The Kier molecular flexibility index (Phi) is 6.85. The normalized spacial score (nSPS) is 9.79. The van der Waals surface area contributed by atoms with Crippen LogP contribution in [-0.4, -0.2) is 31.4 Å². The number of ether oxygens (including phenoxy) is 2. The van der Waals surface area contributed by atoms with Gasteiger partial charge in [-0.3, -0.25) is 0 Å². The van der Waals surface area contributed by atoms with Crippen molar-refractivity contribution in [2.24, 2.45) is 0 Å². The Bertz CT molecular complexity index is 477. The molecule has 0 spiro atoms. The van der Waals surface area contributed by atoms with Crippen LogP contribution in [0.3, 0.4) is 0 Å². The zero-order valence-electron chi connectivity index (χ0n) is 10.8. The monoisotopic (exact) mass is 260 g/mol. The second kappa shape index (κ2) is 8.78. The van der Waals surface area contributed by atoms with Crippen molar-refractivity contribution in [2.75, 3.05) is 20.3 Å². The predicted molar refractivity (Wildman–Crippen MR) is 71.9 cm³/mol. The van der Waals surface area contributed by atoms with E-state index in [4.69, 9.17) is 9.84 Å². The maximum atomic E-state index is 11.2. The average Bonchev–Trinajstić information content (AvgIpc) is 2.46. The van der Waals surface area contributed by atoms with Gasteiger partial charge in [0.25, 0.3) is 0 Å². The molecule has 0 bridgehead atoms. The van der Waals surface area contributed by atoms with E-state index >= 15 is 0 Å². The van der Waals surface area contributed by atoms with Gasteiger partial charge in [0, 0.05) is 6.42 Å². The summed E-state index contributed by atoms with van der Waals surface area (Å²) in [5.74, 6) is 5.84. The molecule has 4 nitrogen and oxygen atoms in total. The highest BCUT2D eigenvalue weighted by Gasteiger charge is 2.03. The summed E-state index contributed by atoms with van der Waals surface area (Å²) in [4.78, 5) is 11.2. The topological polar surface area (TPSA) is 55.8 Å². The van der Waals surface area contributed by atoms with E-state index in [1.165, 1.54) is 7.11 Å². The van der Waals surface area contributed by atoms with Crippen molar-refractivity contribution in [1.29, 1.82) is 0 Å². The number of hydrogen-bond donors (Lipinski definition) is 1. The van der Waals surface area contributed by atoms with Gasteiger partial charge < -0.3 is 14.6 Å². The fraction of sp³-hybridized carbons (Fsp3) is 0.267. The summed E-state index contributed by atoms with van der Waals surface area (Å²) in [5, 5.41) is 8.51. The number of carbonyl (C=O) groups is 1. The van der Waals surface area contributed by atoms with Crippen LogP contribution in [-0.2, 0) is 4.74 Å². The number of carbonyl (C=O) groups excluding carboxylic acids is 1. The summed E-state index contributed by atoms with van der Waals surface area (Å²) in [7, 11) is 1.34. The smallest absolute Gasteiger partial charge is 0.337 e. The molecule has 1 N–H and O–H groups in total. The molecule has 0 saturated carbocycles. The van der Waals surface area contributed by atoms with E-state index in [1.807, 2.05) is 0 Å². The van der Waals surface area contributed by atoms with Crippen LogP contribution in [0.1, 0.15) is 16.8 Å². The summed E-state index contributed by atoms with van der Waals surface area (Å²) in [6.45, 7) is 0.468. The van der Waals surface area contributed by atoms with Gasteiger partial charge >= 0.3 is 5.97 Å². The van der Waals surface area contributed by atoms with Gasteiger partial charge in [0.15, 0.2) is 0 Å². The molecule has 1 rings (SSSR count). The van der Waals surface area contributed by atoms with Crippen LogP contribution in [0.25, 0.3) is 0 Å². The minimum atomic E-state index is -0.370. The molecule has 0 aliphatic carbocycles. The first kappa shape index (κ1) is 14.8. The lowest BCUT2D eigenvalue weighted by Gasteiger charge is -2.03. The standard InChI is InChI=1S/C15H16O4/c1-18-15(17)13-7-9-14(10-8-13)19-12-6-4-2-3-5-11-16/h4,6-10,16H,5,11-12H2,1H3. The molecule has 1 aromatic rings. The number of methoxy groups -OCH3 is 1. The maximum absolute atomic E-state index is 11.2. The van der Waals surface area contributed by atoms with Crippen molar-refractivity contribution in [3.63, 3.8) is 0 Å². The molecule has 0 heterocycles. The van der Waals surface area contributed by atoms with E-state index in [1.54, 1.807) is 36.4 Å². The number of allylic oxidation sites excluding steroid dienone is 1. The van der Waals surface area contributed by atoms with Gasteiger partial charge in [0.2, 0.25) is 0 Å². The van der Waals surface area contributed by atoms with Crippen molar-refractivity contribution >= 4 is 5.97 Å². The van der Waals surface area contributed by atoms with Crippen molar-refractivity contribution in [1.82, 2.24) is 0 Å². The lowest BCUT2D eigenvalue weighted by atomic mass is 10.2. The second-order valence-corrected chi connectivity index (χ2v) is 3.52. The van der Waals surface area contributed by atoms with Crippen LogP contribution >= 0.6 is 0 Å². The predicted octanol–water partition coefficient (Wildman–Crippen LogP) is 1.79. The molecule has 4 heteroatoms. The van der Waals surface area contributed by atoms with E-state index in [9.17, 15) is 4.79 Å². The molecule has 0 saturated heterocycles. The Morgan fingerprint density at radius 2 is 2.11 bits per heavy atom. The van der Waals surface area contributed by atoms with Gasteiger partial charge in [-0.05, 0) is 36.4 Å². The molecule has 19 heavy (non-hydrogen) atoms. The van der Waals surface area contributed by atoms with E-state index in [2.05, 4.69) is 16.6 Å². The second-order valence-electron chi connectivity index (χ2n) is 3.52. The van der Waals surface area contributed by atoms with Gasteiger partial charge in [-0.15, -0.1) is 0 Å². The maximum Gasteiger partial charge on any atom is 0.337 e. The Morgan fingerprint density at radius 1 is 1.37 bits per heavy atom. The first-order valence-electron chi connectivity index (χ1n) is 5.83. The van der Waals surface area contributed by atoms with Crippen molar-refractivity contribution in [3.8, 4) is 17.6 Å². The lowest BCUT2D eigenvalue weighted by molar-refractivity contribution is 0.0600. The van der Waals surface area contributed by atoms with Crippen LogP contribution in [0, 0.1) is 11.8 Å². The zero-order valence-corrected chi connectivity index (χ0v) is 10.8. The molecule has 100 valence electrons. The largest absolute Gasteiger partial charge is 0.490 e. The van der Waals surface area contributed by atoms with Crippen LogP contribution in [0.2, 0.25) is 0 Å². The molecule has 0 aromatic heterocycles. The Morgan fingerprint density at radius 3 is 2.74 bits per heavy atom. The summed E-state index contributed by atoms with van der Waals surface area (Å²) in [5.41, 5.74) is 0.486. The van der Waals surface area contributed by atoms with Gasteiger partial charge in [0.1, 0.15) is 12.4 Å². The Hall–Kier alpha value is -2.25. The minimum Gasteiger partial charge on any atom is -0.490 e. The lowest BCUT2D eigenvalue weighted by Crippen LogP contribution is -2.01. The molecule has 0 aliphatic rings. The molecule has 1 aromatic carbocycles. The fourth-order valence-corrected chi connectivity index (χ4v) is 1.24. The van der Waals surface area contributed by atoms with Crippen LogP contribution in [0.15, 0.2) is 36.4 Å². The third-order valence-electron chi connectivity index (χ3n) is 2.16. The van der Waals surface area contributed by atoms with E-state index < -0.39 is 0 Å². The average molecular weight is 260 g/mol. The van der Waals surface area contributed by atoms with Gasteiger partial charge in [0.05, 0.1) is 19.3 Å². The Balaban J connectivity index is 2.38. The molecule has 0 atom stereocenters. The van der Waals surface area contributed by atoms with Crippen LogP contribution in [0.4, 0.5) is 0 Å². The summed E-state index contributed by atoms with van der Waals surface area (Å²) >= 11 is 0. The fourth-order valence-electron chi connectivity index (χ4n) is 1.24. The zero-order chi connectivity index (χ0) is 13.9. The SMILES string of the molecule is COC(=O)c1ccc(OCC=CC#CCCO)cc1. The third kappa shape index (κ3) is 5.75. The molecular formula is C15H16O4. The number of aliphatic hydroxyl groups excluding tert-OH is 1. The number of esters is 1. The van der Waals surface area contributed by atoms with Crippen molar-refractivity contribution in [3.05, 3.63) is 42.0 Å². The summed E-state index contributed by atoms with van der Waals surface area (Å²) in [6.07, 6.45) is 3.93. The first-order chi connectivity index (χ1) is 9.27. The van der Waals surface area contributed by atoms with E-state index in [0.717, 1.165) is 0 Å². The summed E-state index contributed by atoms with van der Waals surface area (Å²) in [6, 6.07) is 6.70. The summed E-state index contributed by atoms with van der Waals surface area (Å²) < 4.78 is 10.0. The molecule has 0 unspecified atom stereocenters. The molecule has 0 amide bonds. The van der Waals surface area contributed by atoms with E-state index in [0.29, 0.717) is 24.3 Å². The number of hydrogen-bond acceptors (Lipinski definition) is 4. The Labute approximate surface area is 112 Å². The number of rotatable bonds is 5. The van der Waals surface area contributed by atoms with Gasteiger partial charge in [-0.2, -0.15) is 0 Å². The molecule has 0 radical (unpaired) electrons. The first-order valence-corrected chi connectivity index (χ1v) is 5.83. The molecule has 0 fully saturated rings. The highest BCUT2D eigenvalue weighted by molar-refractivity contribution is 5.89. The quantitative estimate of drug-likeness (QED) is 0.648. The van der Waals surface area contributed by atoms with Crippen molar-refractivity contribution < 1.29 is 19.4 Å². The van der Waals surface area contributed by atoms with Crippen LogP contribution < -0.4 is 4.74 Å². The minimum absolute atomic E-state index is 0.0733. The van der Waals surface area contributed by atoms with Crippen LogP contribution in [0.5, 0.6) is 5.75 Å².